The first-order valence-corrected chi connectivity index (χ1v) is 26.8. The van der Waals surface area contributed by atoms with Crippen molar-refractivity contribution in [3.05, 3.63) is 29.8 Å². The Bertz CT molecular complexity index is 2150. The first-order valence-electron chi connectivity index (χ1n) is 26.8. The SMILES string of the molecule is C#C.CCC(=O)N1CCC[C@H]1C(=O)N(C)[C@H](CC(C)C)C(=O)N[C@@H]1C(=O)N[C@H]([C@@H](C)CC)CCC(=O)OC(C(C)C)C(=O)N[C@@H](CC(C)C)C(=O)N2CCC[C@H]2C(=O)N(C)[C@@H](Cc2ccc(OC)cc2)C(=O)O[C@@H]1C. The van der Waals surface area contributed by atoms with Crippen molar-refractivity contribution in [2.24, 2.45) is 23.7 Å². The number of carbonyl (C=O) groups excluding carboxylic acids is 9. The van der Waals surface area contributed by atoms with Gasteiger partial charge < -0.3 is 49.8 Å². The van der Waals surface area contributed by atoms with Gasteiger partial charge in [-0.3, -0.25) is 38.4 Å². The second-order valence-electron chi connectivity index (χ2n) is 21.4. The first kappa shape index (κ1) is 63.1. The normalized spacial score (nSPS) is 25.4. The minimum atomic E-state index is -1.57. The lowest BCUT2D eigenvalue weighted by Crippen LogP contribution is -2.61. The number of benzene rings is 1. The van der Waals surface area contributed by atoms with Crippen LogP contribution in [0.3, 0.4) is 0 Å². The van der Waals surface area contributed by atoms with Crippen molar-refractivity contribution in [2.75, 3.05) is 34.3 Å². The lowest BCUT2D eigenvalue weighted by atomic mass is 9.94. The van der Waals surface area contributed by atoms with Gasteiger partial charge in [0.2, 0.25) is 35.4 Å². The highest BCUT2D eigenvalue weighted by molar-refractivity contribution is 5.96. The third kappa shape index (κ3) is 17.2. The van der Waals surface area contributed by atoms with Gasteiger partial charge in [0, 0.05) is 52.5 Å². The van der Waals surface area contributed by atoms with Crippen LogP contribution in [0.15, 0.2) is 24.3 Å². The number of carbonyl (C=O) groups is 9. The molecule has 0 aliphatic carbocycles. The highest BCUT2D eigenvalue weighted by Gasteiger charge is 2.45. The van der Waals surface area contributed by atoms with Gasteiger partial charge in [-0.1, -0.05) is 80.9 Å². The van der Waals surface area contributed by atoms with E-state index in [-0.39, 0.29) is 75.2 Å². The molecule has 418 valence electrons. The molecule has 3 saturated heterocycles. The van der Waals surface area contributed by atoms with Gasteiger partial charge in [-0.15, -0.1) is 12.8 Å². The monoisotopic (exact) mass is 1050 g/mol. The van der Waals surface area contributed by atoms with Crippen molar-refractivity contribution in [1.82, 2.24) is 35.6 Å². The molecular weight excluding hydrogens is 963 g/mol. The number of fused-ring (bicyclic) bond motifs is 1. The highest BCUT2D eigenvalue weighted by Crippen LogP contribution is 2.27. The van der Waals surface area contributed by atoms with Gasteiger partial charge in [0.25, 0.3) is 5.91 Å². The number of esters is 2. The molecule has 1 unspecified atom stereocenters. The number of hydrogen-bond acceptors (Lipinski definition) is 12. The minimum absolute atomic E-state index is 0.0451. The van der Waals surface area contributed by atoms with E-state index < -0.39 is 108 Å². The number of cyclic esters (lactones) is 2. The van der Waals surface area contributed by atoms with E-state index >= 15 is 0 Å². The Kier molecular flexibility index (Phi) is 25.1. The third-order valence-corrected chi connectivity index (χ3v) is 14.6. The molecule has 3 aliphatic rings. The topological polar surface area (TPSA) is 230 Å². The molecule has 3 heterocycles. The summed E-state index contributed by atoms with van der Waals surface area (Å²) in [5.74, 6) is -5.62. The second kappa shape index (κ2) is 29.8. The summed E-state index contributed by atoms with van der Waals surface area (Å²) in [5, 5.41) is 8.71. The number of terminal acetylenes is 1. The molecule has 0 spiro atoms. The number of likely N-dealkylation sites (tertiary alicyclic amines) is 1. The van der Waals surface area contributed by atoms with Crippen LogP contribution in [0.5, 0.6) is 5.75 Å². The standard InChI is InChI=1S/C54H85N7O12.C2H2/c1-14-34(9)38-24-25-45(63)73-47(33(7)8)50(66)56-39(28-31(3)4)51(67)61-27-17-19-41(61)53(69)59(12)43(30-36-20-22-37(71-13)23-21-36)54(70)72-35(10)46(49(65)55-38)57-48(64)42(29-32(5)6)58(11)52(68)40-18-16-26-60(40)44(62)15-2;1-2/h20-23,31-35,38-43,46-47H,14-19,24-30H2,1-13H3,(H,55,65)(H,56,66)(H,57,64);1-2H/t34-,35+,38-,39-,40-,41-,42+,43-,46-,47?;/m0./s1. The lowest BCUT2D eigenvalue weighted by molar-refractivity contribution is -0.162. The number of hydrogen-bond donors (Lipinski definition) is 3. The number of ether oxygens (including phenoxy) is 3. The van der Waals surface area contributed by atoms with E-state index in [0.717, 1.165) is 0 Å². The summed E-state index contributed by atoms with van der Waals surface area (Å²) in [7, 11) is 4.49. The number of nitrogens with zero attached hydrogens (tertiary/aromatic N) is 4. The highest BCUT2D eigenvalue weighted by atomic mass is 16.6. The molecule has 3 N–H and O–H groups in total. The van der Waals surface area contributed by atoms with E-state index in [2.05, 4.69) is 28.8 Å². The molecule has 0 aromatic heterocycles. The molecule has 0 bridgehead atoms. The molecule has 3 fully saturated rings. The summed E-state index contributed by atoms with van der Waals surface area (Å²) in [4.78, 5) is 134. The smallest absolute Gasteiger partial charge is 0.329 e. The average Bonchev–Trinajstić information content (AvgIpc) is 4.09. The maximum absolute atomic E-state index is 14.9. The second-order valence-corrected chi connectivity index (χ2v) is 21.4. The van der Waals surface area contributed by atoms with E-state index in [1.807, 2.05) is 41.5 Å². The van der Waals surface area contributed by atoms with E-state index in [1.54, 1.807) is 49.9 Å². The van der Waals surface area contributed by atoms with Gasteiger partial charge in [-0.25, -0.2) is 4.79 Å². The van der Waals surface area contributed by atoms with Crippen LogP contribution in [-0.2, 0) is 59.0 Å². The van der Waals surface area contributed by atoms with Gasteiger partial charge in [0.05, 0.1) is 7.11 Å². The number of rotatable bonds is 15. The van der Waals surface area contributed by atoms with Gasteiger partial charge in [0.15, 0.2) is 6.10 Å². The molecule has 0 saturated carbocycles. The van der Waals surface area contributed by atoms with Crippen molar-refractivity contribution in [2.45, 2.75) is 194 Å². The summed E-state index contributed by atoms with van der Waals surface area (Å²) >= 11 is 0. The fourth-order valence-corrected chi connectivity index (χ4v) is 9.98. The van der Waals surface area contributed by atoms with Gasteiger partial charge in [0.1, 0.15) is 48.1 Å². The van der Waals surface area contributed by atoms with E-state index in [1.165, 1.54) is 42.8 Å². The Balaban J connectivity index is 0.00000732. The molecule has 19 nitrogen and oxygen atoms in total. The maximum Gasteiger partial charge on any atom is 0.329 e. The summed E-state index contributed by atoms with van der Waals surface area (Å²) in [6.45, 7) is 18.7. The predicted molar refractivity (Wildman–Crippen MR) is 283 cm³/mol. The Morgan fingerprint density at radius 2 is 1.49 bits per heavy atom. The lowest BCUT2D eigenvalue weighted by Gasteiger charge is -2.36. The van der Waals surface area contributed by atoms with E-state index in [9.17, 15) is 43.2 Å². The molecule has 4 rings (SSSR count). The molecule has 19 heteroatoms. The predicted octanol–water partition coefficient (Wildman–Crippen LogP) is 4.42. The fourth-order valence-electron chi connectivity index (χ4n) is 9.98. The van der Waals surface area contributed by atoms with Gasteiger partial charge in [-0.2, -0.15) is 0 Å². The van der Waals surface area contributed by atoms with Crippen molar-refractivity contribution in [3.8, 4) is 18.6 Å². The van der Waals surface area contributed by atoms with Crippen molar-refractivity contribution in [3.63, 3.8) is 0 Å². The minimum Gasteiger partial charge on any atom is -0.497 e. The zero-order chi connectivity index (χ0) is 56.4. The van der Waals surface area contributed by atoms with Crippen molar-refractivity contribution in [1.29, 1.82) is 0 Å². The van der Waals surface area contributed by atoms with Crippen LogP contribution in [-0.4, -0.2) is 162 Å². The number of nitrogens with one attached hydrogen (secondary N) is 3. The third-order valence-electron chi connectivity index (χ3n) is 14.6. The zero-order valence-corrected chi connectivity index (χ0v) is 46.8. The average molecular weight is 1050 g/mol. The molecule has 75 heavy (non-hydrogen) atoms. The summed E-state index contributed by atoms with van der Waals surface area (Å²) in [6.07, 6.45) is 8.18. The molecule has 1 aromatic rings. The molecule has 3 aliphatic heterocycles. The van der Waals surface area contributed by atoms with E-state index in [4.69, 9.17) is 14.2 Å². The first-order chi connectivity index (χ1) is 35.4. The Labute approximate surface area is 445 Å². The maximum atomic E-state index is 14.9. The van der Waals surface area contributed by atoms with Crippen LogP contribution in [0, 0.1) is 36.5 Å². The molecule has 7 amide bonds. The van der Waals surface area contributed by atoms with Gasteiger partial charge in [-0.05, 0) is 93.2 Å². The largest absolute Gasteiger partial charge is 0.497 e. The van der Waals surface area contributed by atoms with Crippen LogP contribution in [0.25, 0.3) is 0 Å². The Hall–Kier alpha value is -6.19. The number of amides is 7. The van der Waals surface area contributed by atoms with Crippen LogP contribution in [0.1, 0.15) is 139 Å². The summed E-state index contributed by atoms with van der Waals surface area (Å²) < 4.78 is 17.4. The molecule has 10 atom stereocenters. The van der Waals surface area contributed by atoms with Crippen LogP contribution < -0.4 is 20.7 Å². The quantitative estimate of drug-likeness (QED) is 0.164. The molecular formula is C56H87N7O12. The van der Waals surface area contributed by atoms with Crippen LogP contribution >= 0.6 is 0 Å². The van der Waals surface area contributed by atoms with Crippen LogP contribution in [0.2, 0.25) is 0 Å². The van der Waals surface area contributed by atoms with E-state index in [0.29, 0.717) is 43.5 Å². The molecule has 0 radical (unpaired) electrons. The Morgan fingerprint density at radius 1 is 0.853 bits per heavy atom. The van der Waals surface area contributed by atoms with Crippen LogP contribution in [0.4, 0.5) is 0 Å². The Morgan fingerprint density at radius 3 is 2.07 bits per heavy atom. The number of likely N-dealkylation sites (N-methyl/N-ethyl adjacent to an activating group) is 2. The summed E-state index contributed by atoms with van der Waals surface area (Å²) in [6, 6.07) is -0.558. The van der Waals surface area contributed by atoms with Crippen molar-refractivity contribution >= 4 is 53.3 Å². The zero-order valence-electron chi connectivity index (χ0n) is 46.8. The fraction of sp³-hybridized carbons (Fsp3) is 0.696. The summed E-state index contributed by atoms with van der Waals surface area (Å²) in [5.41, 5.74) is 0.640. The number of methoxy groups -OCH3 is 1. The van der Waals surface area contributed by atoms with Crippen molar-refractivity contribution < 1.29 is 57.4 Å². The molecule has 1 aromatic carbocycles. The van der Waals surface area contributed by atoms with Gasteiger partial charge >= 0.3 is 11.9 Å².